The number of alkyl halides is 3. The molecule has 3 rings (SSSR count). The van der Waals surface area contributed by atoms with Crippen LogP contribution in [0.5, 0.6) is 0 Å². The minimum Gasteiger partial charge on any atom is -0.332 e. The summed E-state index contributed by atoms with van der Waals surface area (Å²) in [6.45, 7) is 0. The van der Waals surface area contributed by atoms with Crippen LogP contribution >= 0.6 is 58.4 Å². The number of thioether (sulfide) groups is 3. The molecule has 31 heavy (non-hydrogen) atoms. The minimum absolute atomic E-state index is 0.00197. The molecule has 2 aromatic rings. The van der Waals surface area contributed by atoms with Crippen LogP contribution in [0.3, 0.4) is 0 Å². The van der Waals surface area contributed by atoms with Crippen LogP contribution in [-0.2, 0) is 10.3 Å². The molecule has 2 unspecified atom stereocenters. The van der Waals surface area contributed by atoms with E-state index in [0.29, 0.717) is 15.4 Å². The van der Waals surface area contributed by atoms with E-state index in [1.54, 1.807) is 0 Å². The first-order valence-electron chi connectivity index (χ1n) is 9.39. The molecule has 0 saturated heterocycles. The number of halogens is 3. The number of hydrogen-bond acceptors (Lipinski definition) is 4. The van der Waals surface area contributed by atoms with Gasteiger partial charge >= 0.3 is 6.18 Å². The first-order chi connectivity index (χ1) is 14.6. The lowest BCUT2D eigenvalue weighted by Crippen LogP contribution is -2.29. The topological polar surface area (TPSA) is 24.1 Å². The zero-order valence-electron chi connectivity index (χ0n) is 17.5. The van der Waals surface area contributed by atoms with Gasteiger partial charge in [0, 0.05) is 16.0 Å². The summed E-state index contributed by atoms with van der Waals surface area (Å²) in [5.74, 6) is 0. The second-order valence-corrected chi connectivity index (χ2v) is 13.6. The highest BCUT2D eigenvalue weighted by atomic mass is 32.2. The fraction of sp³-hybridized carbons (Fsp3) is 0.381. The van der Waals surface area contributed by atoms with Crippen molar-refractivity contribution in [1.82, 2.24) is 0 Å². The summed E-state index contributed by atoms with van der Waals surface area (Å²) in [5, 5.41) is 6.50. The van der Waals surface area contributed by atoms with Crippen LogP contribution < -0.4 is 10.6 Å². The molecule has 0 spiro atoms. The monoisotopic (exact) mass is 522 g/mol. The van der Waals surface area contributed by atoms with Gasteiger partial charge in [-0.15, -0.1) is 23.5 Å². The van der Waals surface area contributed by atoms with Crippen molar-refractivity contribution >= 4 is 74.9 Å². The number of rotatable bonds is 5. The molecule has 10 heteroatoms. The molecule has 0 radical (unpaired) electrons. The number of nitrogens with one attached hydrogen (secondary N) is 2. The van der Waals surface area contributed by atoms with E-state index in [1.165, 1.54) is 22.6 Å². The van der Waals surface area contributed by atoms with Crippen LogP contribution in [0.15, 0.2) is 47.4 Å². The van der Waals surface area contributed by atoms with Gasteiger partial charge in [-0.2, -0.15) is 24.9 Å². The Morgan fingerprint density at radius 1 is 1.03 bits per heavy atom. The van der Waals surface area contributed by atoms with Gasteiger partial charge in [0.1, 0.15) is 0 Å². The van der Waals surface area contributed by atoms with Gasteiger partial charge < -0.3 is 10.6 Å². The van der Waals surface area contributed by atoms with E-state index < -0.39 is 11.7 Å². The maximum absolute atomic E-state index is 12.7. The fourth-order valence-corrected chi connectivity index (χ4v) is 10.4. The SMILES string of the molecule is CSC1CC(SC)(SC)c2cc(NC(=S)Nc3ccc(C(F)(F)F)cc3)ccc2[SH]1C. The number of benzene rings is 2. The molecule has 2 atom stereocenters. The Labute approximate surface area is 202 Å². The third kappa shape index (κ3) is 5.46. The normalized spacial score (nSPS) is 21.3. The Morgan fingerprint density at radius 2 is 1.61 bits per heavy atom. The van der Waals surface area contributed by atoms with E-state index in [1.807, 2.05) is 41.4 Å². The van der Waals surface area contributed by atoms with Gasteiger partial charge in [-0.3, -0.25) is 0 Å². The molecule has 2 aromatic carbocycles. The molecule has 2 nitrogen and oxygen atoms in total. The van der Waals surface area contributed by atoms with Crippen molar-refractivity contribution in [2.45, 2.75) is 26.2 Å². The zero-order chi connectivity index (χ0) is 22.8. The number of hydrogen-bond donors (Lipinski definition) is 3. The Bertz CT molecular complexity index is 930. The van der Waals surface area contributed by atoms with Gasteiger partial charge in [0.2, 0.25) is 0 Å². The van der Waals surface area contributed by atoms with Crippen molar-refractivity contribution in [1.29, 1.82) is 0 Å². The zero-order valence-corrected chi connectivity index (χ0v) is 21.7. The summed E-state index contributed by atoms with van der Waals surface area (Å²) < 4.78 is 38.9. The lowest BCUT2D eigenvalue weighted by molar-refractivity contribution is -0.137. The quantitative estimate of drug-likeness (QED) is 0.214. The lowest BCUT2D eigenvalue weighted by Gasteiger charge is -2.45. The van der Waals surface area contributed by atoms with Crippen LogP contribution in [0.1, 0.15) is 17.5 Å². The van der Waals surface area contributed by atoms with Crippen molar-refractivity contribution in [2.24, 2.45) is 0 Å². The molecule has 0 fully saturated rings. The molecule has 0 saturated carbocycles. The summed E-state index contributed by atoms with van der Waals surface area (Å²) in [5.41, 5.74) is 2.04. The van der Waals surface area contributed by atoms with Gasteiger partial charge in [-0.05, 0) is 96.6 Å². The molecule has 0 bridgehead atoms. The fourth-order valence-electron chi connectivity index (χ4n) is 3.61. The van der Waals surface area contributed by atoms with E-state index in [4.69, 9.17) is 12.2 Å². The average molecular weight is 523 g/mol. The van der Waals surface area contributed by atoms with E-state index in [9.17, 15) is 13.2 Å². The third-order valence-corrected chi connectivity index (χ3v) is 13.1. The molecule has 1 aliphatic heterocycles. The molecule has 1 aliphatic rings. The lowest BCUT2D eigenvalue weighted by atomic mass is 10.1. The summed E-state index contributed by atoms with van der Waals surface area (Å²) in [6, 6.07) is 11.3. The van der Waals surface area contributed by atoms with Gasteiger partial charge in [0.05, 0.1) is 9.64 Å². The Hall–Kier alpha value is -0.680. The summed E-state index contributed by atoms with van der Waals surface area (Å²) >= 11 is 11.1. The van der Waals surface area contributed by atoms with Crippen molar-refractivity contribution in [3.63, 3.8) is 0 Å². The van der Waals surface area contributed by atoms with Crippen LogP contribution in [-0.4, -0.2) is 34.7 Å². The van der Waals surface area contributed by atoms with Crippen LogP contribution in [0, 0.1) is 0 Å². The molecule has 0 amide bonds. The van der Waals surface area contributed by atoms with Crippen molar-refractivity contribution in [3.8, 4) is 0 Å². The highest BCUT2D eigenvalue weighted by molar-refractivity contribution is 8.27. The van der Waals surface area contributed by atoms with E-state index in [0.717, 1.165) is 24.2 Å². The van der Waals surface area contributed by atoms with Crippen molar-refractivity contribution in [3.05, 3.63) is 53.6 Å². The highest BCUT2D eigenvalue weighted by Crippen LogP contribution is 2.62. The predicted octanol–water partition coefficient (Wildman–Crippen LogP) is 7.48. The summed E-state index contributed by atoms with van der Waals surface area (Å²) in [4.78, 5) is 1.43. The molecule has 2 N–H and O–H groups in total. The molecular formula is C21H25F3N2S5. The number of anilines is 2. The summed E-state index contributed by atoms with van der Waals surface area (Å²) in [7, 11) is -0.258. The second-order valence-electron chi connectivity index (χ2n) is 7.05. The smallest absolute Gasteiger partial charge is 0.332 e. The maximum Gasteiger partial charge on any atom is 0.416 e. The predicted molar refractivity (Wildman–Crippen MR) is 142 cm³/mol. The van der Waals surface area contributed by atoms with E-state index in [2.05, 4.69) is 47.8 Å². The van der Waals surface area contributed by atoms with Gasteiger partial charge in [-0.1, -0.05) is 0 Å². The van der Waals surface area contributed by atoms with E-state index >= 15 is 0 Å². The molecule has 1 heterocycles. The molecular weight excluding hydrogens is 498 g/mol. The minimum atomic E-state index is -4.35. The second kappa shape index (κ2) is 10.1. The van der Waals surface area contributed by atoms with E-state index in [-0.39, 0.29) is 15.0 Å². The van der Waals surface area contributed by atoms with Crippen LogP contribution in [0.25, 0.3) is 0 Å². The third-order valence-electron chi connectivity index (χ3n) is 5.32. The van der Waals surface area contributed by atoms with Crippen molar-refractivity contribution < 1.29 is 13.2 Å². The molecule has 0 aromatic heterocycles. The largest absolute Gasteiger partial charge is 0.416 e. The van der Waals surface area contributed by atoms with Gasteiger partial charge in [0.15, 0.2) is 5.11 Å². The maximum atomic E-state index is 12.7. The number of fused-ring (bicyclic) bond motifs is 1. The first-order valence-corrected chi connectivity index (χ1v) is 15.4. The Morgan fingerprint density at radius 3 is 2.16 bits per heavy atom. The summed E-state index contributed by atoms with van der Waals surface area (Å²) in [6.07, 6.45) is 5.64. The van der Waals surface area contributed by atoms with Crippen molar-refractivity contribution in [2.75, 3.05) is 35.7 Å². The number of thiocarbonyl (C=S) groups is 1. The van der Waals surface area contributed by atoms with Crippen LogP contribution in [0.4, 0.5) is 24.5 Å². The molecule has 0 aliphatic carbocycles. The Kier molecular flexibility index (Phi) is 8.11. The van der Waals surface area contributed by atoms with Gasteiger partial charge in [-0.25, -0.2) is 10.9 Å². The Balaban J connectivity index is 1.79. The first kappa shape index (κ1) is 25.0. The number of thiol groups is 1. The van der Waals surface area contributed by atoms with Crippen LogP contribution in [0.2, 0.25) is 0 Å². The standard InChI is InChI=1S/C21H25F3N2S5/c1-28-18-12-20(29-2,30-3)16-11-15(9-10-17(16)31(18)4)26-19(27)25-14-7-5-13(6-8-14)21(22,23)24/h5-11,18,31H,12H2,1-4H3,(H2,25,26,27). The molecule has 170 valence electrons. The highest BCUT2D eigenvalue weighted by Gasteiger charge is 2.41. The van der Waals surface area contributed by atoms with Gasteiger partial charge in [0.25, 0.3) is 0 Å². The average Bonchev–Trinajstić information content (AvgIpc) is 2.74.